The van der Waals surface area contributed by atoms with Gasteiger partial charge in [-0.15, -0.1) is 0 Å². The van der Waals surface area contributed by atoms with E-state index in [1.165, 1.54) is 12.1 Å². The molecule has 0 unspecified atom stereocenters. The Bertz CT molecular complexity index is 465. The lowest BCUT2D eigenvalue weighted by atomic mass is 9.93. The number of allylic oxidation sites excluding steroid dienone is 2. The zero-order valence-corrected chi connectivity index (χ0v) is 10.4. The molecule has 0 saturated heterocycles. The minimum atomic E-state index is -0.895. The SMILES string of the molecule is CC(C)/C(=C\CCC(=O)O)c1ccc(F)cc1F. The van der Waals surface area contributed by atoms with Crippen LogP contribution in [0.3, 0.4) is 0 Å². The molecule has 0 aromatic heterocycles. The lowest BCUT2D eigenvalue weighted by molar-refractivity contribution is -0.136. The van der Waals surface area contributed by atoms with Crippen molar-refractivity contribution < 1.29 is 18.7 Å². The fourth-order valence-electron chi connectivity index (χ4n) is 1.73. The average molecular weight is 254 g/mol. The minimum Gasteiger partial charge on any atom is -0.481 e. The maximum Gasteiger partial charge on any atom is 0.303 e. The van der Waals surface area contributed by atoms with Crippen molar-refractivity contribution in [3.05, 3.63) is 41.5 Å². The third kappa shape index (κ3) is 3.95. The molecular weight excluding hydrogens is 238 g/mol. The number of carboxylic acid groups (broad SMARTS) is 1. The van der Waals surface area contributed by atoms with Gasteiger partial charge in [0.25, 0.3) is 0 Å². The highest BCUT2D eigenvalue weighted by Crippen LogP contribution is 2.26. The molecule has 0 fully saturated rings. The van der Waals surface area contributed by atoms with Crippen molar-refractivity contribution in [2.45, 2.75) is 26.7 Å². The number of rotatable bonds is 5. The second-order valence-corrected chi connectivity index (χ2v) is 4.37. The van der Waals surface area contributed by atoms with Crippen LogP contribution in [0.5, 0.6) is 0 Å². The Morgan fingerprint density at radius 2 is 2.06 bits per heavy atom. The van der Waals surface area contributed by atoms with Gasteiger partial charge >= 0.3 is 5.97 Å². The molecule has 0 heterocycles. The lowest BCUT2D eigenvalue weighted by Gasteiger charge is -2.13. The summed E-state index contributed by atoms with van der Waals surface area (Å²) in [5, 5.41) is 8.57. The number of hydrogen-bond donors (Lipinski definition) is 1. The van der Waals surface area contributed by atoms with Gasteiger partial charge in [-0.2, -0.15) is 0 Å². The average Bonchev–Trinajstić information content (AvgIpc) is 2.25. The first-order valence-corrected chi connectivity index (χ1v) is 5.79. The van der Waals surface area contributed by atoms with E-state index in [1.54, 1.807) is 6.08 Å². The molecule has 0 saturated carbocycles. The Hall–Kier alpha value is -1.71. The van der Waals surface area contributed by atoms with Gasteiger partial charge in [-0.25, -0.2) is 8.78 Å². The maximum atomic E-state index is 13.6. The Morgan fingerprint density at radius 3 is 2.56 bits per heavy atom. The molecule has 0 aliphatic rings. The molecule has 1 aromatic carbocycles. The first-order chi connectivity index (χ1) is 8.41. The summed E-state index contributed by atoms with van der Waals surface area (Å²) >= 11 is 0. The Morgan fingerprint density at radius 1 is 1.39 bits per heavy atom. The molecule has 1 aromatic rings. The molecule has 1 rings (SSSR count). The van der Waals surface area contributed by atoms with E-state index in [4.69, 9.17) is 5.11 Å². The van der Waals surface area contributed by atoms with Crippen LogP contribution >= 0.6 is 0 Å². The molecule has 0 spiro atoms. The van der Waals surface area contributed by atoms with Gasteiger partial charge in [-0.3, -0.25) is 4.79 Å². The van der Waals surface area contributed by atoms with E-state index in [-0.39, 0.29) is 12.3 Å². The predicted molar refractivity (Wildman–Crippen MR) is 66.0 cm³/mol. The molecule has 18 heavy (non-hydrogen) atoms. The standard InChI is InChI=1S/C14H16F2O2/c1-9(2)11(4-3-5-14(17)18)12-7-6-10(15)8-13(12)16/h4,6-9H,3,5H2,1-2H3,(H,17,18)/b11-4+. The Kier molecular flexibility index (Phi) is 5.01. The van der Waals surface area contributed by atoms with E-state index in [0.717, 1.165) is 6.07 Å². The van der Waals surface area contributed by atoms with E-state index in [1.807, 2.05) is 13.8 Å². The summed E-state index contributed by atoms with van der Waals surface area (Å²) in [6.45, 7) is 3.77. The molecule has 4 heteroatoms. The quantitative estimate of drug-likeness (QED) is 0.866. The van der Waals surface area contributed by atoms with Gasteiger partial charge in [0.1, 0.15) is 11.6 Å². The van der Waals surface area contributed by atoms with E-state index in [2.05, 4.69) is 0 Å². The van der Waals surface area contributed by atoms with Gasteiger partial charge in [0.2, 0.25) is 0 Å². The van der Waals surface area contributed by atoms with Crippen LogP contribution in [-0.2, 0) is 4.79 Å². The van der Waals surface area contributed by atoms with E-state index in [9.17, 15) is 13.6 Å². The van der Waals surface area contributed by atoms with Gasteiger partial charge in [0, 0.05) is 18.1 Å². The molecule has 2 nitrogen and oxygen atoms in total. The predicted octanol–water partition coefficient (Wildman–Crippen LogP) is 3.87. The Labute approximate surface area is 105 Å². The van der Waals surface area contributed by atoms with Gasteiger partial charge in [-0.05, 0) is 30.0 Å². The molecule has 98 valence electrons. The van der Waals surface area contributed by atoms with Gasteiger partial charge in [0.05, 0.1) is 0 Å². The van der Waals surface area contributed by atoms with Crippen LogP contribution in [0.25, 0.3) is 5.57 Å². The second-order valence-electron chi connectivity index (χ2n) is 4.37. The fourth-order valence-corrected chi connectivity index (χ4v) is 1.73. The van der Waals surface area contributed by atoms with Crippen molar-refractivity contribution in [3.63, 3.8) is 0 Å². The summed E-state index contributed by atoms with van der Waals surface area (Å²) in [5.41, 5.74) is 1.03. The van der Waals surface area contributed by atoms with Crippen LogP contribution in [0, 0.1) is 17.6 Å². The van der Waals surface area contributed by atoms with Crippen LogP contribution in [0.2, 0.25) is 0 Å². The van der Waals surface area contributed by atoms with Gasteiger partial charge in [0.15, 0.2) is 0 Å². The zero-order valence-electron chi connectivity index (χ0n) is 10.4. The highest BCUT2D eigenvalue weighted by Gasteiger charge is 2.12. The van der Waals surface area contributed by atoms with Crippen molar-refractivity contribution >= 4 is 11.5 Å². The molecule has 0 aliphatic heterocycles. The van der Waals surface area contributed by atoms with Crippen molar-refractivity contribution in [1.29, 1.82) is 0 Å². The number of carbonyl (C=O) groups is 1. The van der Waals surface area contributed by atoms with Crippen LogP contribution in [0.15, 0.2) is 24.3 Å². The van der Waals surface area contributed by atoms with Crippen LogP contribution < -0.4 is 0 Å². The first kappa shape index (κ1) is 14.4. The summed E-state index contributed by atoms with van der Waals surface area (Å²) < 4.78 is 26.5. The minimum absolute atomic E-state index is 0.000959. The van der Waals surface area contributed by atoms with E-state index in [0.29, 0.717) is 17.6 Å². The van der Waals surface area contributed by atoms with Crippen molar-refractivity contribution in [2.75, 3.05) is 0 Å². The number of carboxylic acids is 1. The topological polar surface area (TPSA) is 37.3 Å². The molecule has 0 radical (unpaired) electrons. The normalized spacial score (nSPS) is 11.9. The highest BCUT2D eigenvalue weighted by molar-refractivity contribution is 5.70. The van der Waals surface area contributed by atoms with Crippen molar-refractivity contribution in [3.8, 4) is 0 Å². The van der Waals surface area contributed by atoms with Gasteiger partial charge in [-0.1, -0.05) is 19.9 Å². The number of aliphatic carboxylic acids is 1. The summed E-state index contributed by atoms with van der Waals surface area (Å²) in [7, 11) is 0. The Balaban J connectivity index is 3.01. The van der Waals surface area contributed by atoms with Gasteiger partial charge < -0.3 is 5.11 Å². The summed E-state index contributed by atoms with van der Waals surface area (Å²) in [5.74, 6) is -2.09. The third-order valence-electron chi connectivity index (χ3n) is 2.59. The van der Waals surface area contributed by atoms with Crippen molar-refractivity contribution in [1.82, 2.24) is 0 Å². The summed E-state index contributed by atoms with van der Waals surface area (Å²) in [6, 6.07) is 3.42. The molecule has 1 N–H and O–H groups in total. The number of halogens is 2. The van der Waals surface area contributed by atoms with Crippen LogP contribution in [-0.4, -0.2) is 11.1 Å². The molecule has 0 atom stereocenters. The number of benzene rings is 1. The fraction of sp³-hybridized carbons (Fsp3) is 0.357. The summed E-state index contributed by atoms with van der Waals surface area (Å²) in [4.78, 5) is 10.4. The molecular formula is C14H16F2O2. The largest absolute Gasteiger partial charge is 0.481 e. The number of hydrogen-bond acceptors (Lipinski definition) is 1. The highest BCUT2D eigenvalue weighted by atomic mass is 19.1. The smallest absolute Gasteiger partial charge is 0.303 e. The van der Waals surface area contributed by atoms with Crippen LogP contribution in [0.4, 0.5) is 8.78 Å². The molecule has 0 amide bonds. The van der Waals surface area contributed by atoms with E-state index >= 15 is 0 Å². The summed E-state index contributed by atoms with van der Waals surface area (Å²) in [6.07, 6.45) is 2.04. The molecule has 0 bridgehead atoms. The second kappa shape index (κ2) is 6.28. The lowest BCUT2D eigenvalue weighted by Crippen LogP contribution is -1.99. The third-order valence-corrected chi connectivity index (χ3v) is 2.59. The first-order valence-electron chi connectivity index (χ1n) is 5.79. The van der Waals surface area contributed by atoms with Crippen LogP contribution in [0.1, 0.15) is 32.3 Å². The maximum absolute atomic E-state index is 13.6. The van der Waals surface area contributed by atoms with Crippen molar-refractivity contribution in [2.24, 2.45) is 5.92 Å². The molecule has 0 aliphatic carbocycles. The monoisotopic (exact) mass is 254 g/mol. The van der Waals surface area contributed by atoms with E-state index < -0.39 is 17.6 Å². The zero-order chi connectivity index (χ0) is 13.7.